The minimum Gasteiger partial charge on any atom is -0.364 e. The van der Waals surface area contributed by atoms with Gasteiger partial charge in [0.2, 0.25) is 0 Å². The van der Waals surface area contributed by atoms with Crippen molar-refractivity contribution in [3.05, 3.63) is 77.4 Å². The van der Waals surface area contributed by atoms with Crippen LogP contribution in [0.15, 0.2) is 54.9 Å². The number of carbonyl (C=O) groups is 1. The molecule has 160 valence electrons. The zero-order chi connectivity index (χ0) is 22.6. The molecule has 0 atom stereocenters. The van der Waals surface area contributed by atoms with Gasteiger partial charge < -0.3 is 14.6 Å². The van der Waals surface area contributed by atoms with Crippen LogP contribution in [-0.2, 0) is 24.1 Å². The predicted octanol–water partition coefficient (Wildman–Crippen LogP) is 5.34. The molecule has 0 saturated heterocycles. The summed E-state index contributed by atoms with van der Waals surface area (Å²) in [6.07, 6.45) is 2.69. The number of nitrogens with zero attached hydrogens (tertiary/aromatic N) is 1. The van der Waals surface area contributed by atoms with E-state index in [-0.39, 0.29) is 18.8 Å². The summed E-state index contributed by atoms with van der Waals surface area (Å²) in [5, 5.41) is 2.54. The SMILES string of the molecule is C#CCc1cc(F)ccc1-c1ccccc1NC(=O)c1cn(COC)cc1C(F)(F)F. The summed E-state index contributed by atoms with van der Waals surface area (Å²) in [5.74, 6) is 1.05. The molecule has 0 aliphatic carbocycles. The molecule has 0 aliphatic heterocycles. The average molecular weight is 430 g/mol. The number of para-hydroxylation sites is 1. The van der Waals surface area contributed by atoms with Crippen molar-refractivity contribution in [2.75, 3.05) is 12.4 Å². The molecule has 0 unspecified atom stereocenters. The monoisotopic (exact) mass is 430 g/mol. The normalized spacial score (nSPS) is 11.2. The molecular formula is C23H18F4N2O2. The molecule has 1 N–H and O–H groups in total. The lowest BCUT2D eigenvalue weighted by atomic mass is 9.96. The van der Waals surface area contributed by atoms with Gasteiger partial charge >= 0.3 is 6.18 Å². The van der Waals surface area contributed by atoms with Gasteiger partial charge in [0.15, 0.2) is 0 Å². The van der Waals surface area contributed by atoms with E-state index in [1.54, 1.807) is 24.3 Å². The first-order valence-corrected chi connectivity index (χ1v) is 9.13. The predicted molar refractivity (Wildman–Crippen MR) is 109 cm³/mol. The molecule has 1 heterocycles. The number of amides is 1. The minimum atomic E-state index is -4.72. The van der Waals surface area contributed by atoms with Crippen LogP contribution in [0.3, 0.4) is 0 Å². The molecule has 3 aromatic rings. The van der Waals surface area contributed by atoms with E-state index in [0.717, 1.165) is 17.0 Å². The highest BCUT2D eigenvalue weighted by molar-refractivity contribution is 6.07. The van der Waals surface area contributed by atoms with Crippen LogP contribution < -0.4 is 5.32 Å². The first-order chi connectivity index (χ1) is 14.7. The third-order valence-electron chi connectivity index (χ3n) is 4.53. The Morgan fingerprint density at radius 3 is 2.58 bits per heavy atom. The van der Waals surface area contributed by atoms with Crippen LogP contribution in [0.4, 0.5) is 23.2 Å². The Morgan fingerprint density at radius 2 is 1.90 bits per heavy atom. The topological polar surface area (TPSA) is 43.3 Å². The standard InChI is InChI=1S/C23H18F4N2O2/c1-3-6-15-11-16(24)9-10-17(15)18-7-4-5-8-21(18)28-22(30)19-12-29(14-31-2)13-20(19)23(25,26)27/h1,4-5,7-13H,6,14H2,2H3,(H,28,30). The maximum absolute atomic E-state index is 13.7. The first kappa shape index (κ1) is 22.1. The lowest BCUT2D eigenvalue weighted by Crippen LogP contribution is -2.17. The molecule has 8 heteroatoms. The van der Waals surface area contributed by atoms with Crippen molar-refractivity contribution in [3.8, 4) is 23.5 Å². The molecule has 0 bridgehead atoms. The first-order valence-electron chi connectivity index (χ1n) is 9.13. The fourth-order valence-electron chi connectivity index (χ4n) is 3.24. The number of methoxy groups -OCH3 is 1. The van der Waals surface area contributed by atoms with Crippen molar-refractivity contribution in [2.24, 2.45) is 0 Å². The van der Waals surface area contributed by atoms with Gasteiger partial charge in [-0.1, -0.05) is 24.3 Å². The van der Waals surface area contributed by atoms with Crippen molar-refractivity contribution in [1.29, 1.82) is 0 Å². The zero-order valence-electron chi connectivity index (χ0n) is 16.5. The number of anilines is 1. The lowest BCUT2D eigenvalue weighted by molar-refractivity contribution is -0.137. The summed E-state index contributed by atoms with van der Waals surface area (Å²) >= 11 is 0. The van der Waals surface area contributed by atoms with E-state index >= 15 is 0 Å². The second-order valence-corrected chi connectivity index (χ2v) is 6.70. The Bertz CT molecular complexity index is 1140. The van der Waals surface area contributed by atoms with Crippen LogP contribution in [0.5, 0.6) is 0 Å². The zero-order valence-corrected chi connectivity index (χ0v) is 16.5. The third-order valence-corrected chi connectivity index (χ3v) is 4.53. The number of alkyl halides is 3. The summed E-state index contributed by atoms with van der Waals surface area (Å²) in [4.78, 5) is 12.8. The van der Waals surface area contributed by atoms with E-state index in [9.17, 15) is 22.4 Å². The van der Waals surface area contributed by atoms with E-state index in [0.29, 0.717) is 16.7 Å². The molecule has 1 aromatic heterocycles. The Kier molecular flexibility index (Phi) is 6.47. The molecule has 2 aromatic carbocycles. The van der Waals surface area contributed by atoms with Gasteiger partial charge in [-0.05, 0) is 29.3 Å². The van der Waals surface area contributed by atoms with Crippen molar-refractivity contribution in [2.45, 2.75) is 19.3 Å². The molecule has 0 saturated carbocycles. The molecule has 4 nitrogen and oxygen atoms in total. The molecular weight excluding hydrogens is 412 g/mol. The molecule has 3 rings (SSSR count). The van der Waals surface area contributed by atoms with Crippen LogP contribution in [0.2, 0.25) is 0 Å². The number of aromatic nitrogens is 1. The Labute approximate surface area is 176 Å². The van der Waals surface area contributed by atoms with Crippen molar-refractivity contribution in [3.63, 3.8) is 0 Å². The fraction of sp³-hybridized carbons (Fsp3) is 0.174. The summed E-state index contributed by atoms with van der Waals surface area (Å²) in [7, 11) is 1.33. The van der Waals surface area contributed by atoms with E-state index in [1.165, 1.54) is 25.3 Å². The fourth-order valence-corrected chi connectivity index (χ4v) is 3.24. The number of nitrogens with one attached hydrogen (secondary N) is 1. The summed E-state index contributed by atoms with van der Waals surface area (Å²) in [6.45, 7) is -0.141. The van der Waals surface area contributed by atoms with E-state index in [1.807, 2.05) is 0 Å². The average Bonchev–Trinajstić information content (AvgIpc) is 3.14. The maximum atomic E-state index is 13.7. The van der Waals surface area contributed by atoms with E-state index in [4.69, 9.17) is 11.2 Å². The quantitative estimate of drug-likeness (QED) is 0.424. The number of ether oxygens (including phenoxy) is 1. The molecule has 0 spiro atoms. The van der Waals surface area contributed by atoms with E-state index in [2.05, 4.69) is 11.2 Å². The van der Waals surface area contributed by atoms with Gasteiger partial charge in [0, 0.05) is 37.2 Å². The van der Waals surface area contributed by atoms with Gasteiger partial charge in [-0.2, -0.15) is 13.2 Å². The van der Waals surface area contributed by atoms with Gasteiger partial charge in [0.05, 0.1) is 11.1 Å². The summed E-state index contributed by atoms with van der Waals surface area (Å²) in [6, 6.07) is 10.6. The van der Waals surface area contributed by atoms with Gasteiger partial charge in [0.25, 0.3) is 5.91 Å². The van der Waals surface area contributed by atoms with Crippen molar-refractivity contribution < 1.29 is 27.1 Å². The Morgan fingerprint density at radius 1 is 1.16 bits per heavy atom. The van der Waals surface area contributed by atoms with Gasteiger partial charge in [-0.3, -0.25) is 4.79 Å². The maximum Gasteiger partial charge on any atom is 0.418 e. The van der Waals surface area contributed by atoms with Crippen LogP contribution in [0.1, 0.15) is 21.5 Å². The highest BCUT2D eigenvalue weighted by Gasteiger charge is 2.37. The molecule has 0 fully saturated rings. The Balaban J connectivity index is 2.02. The second kappa shape index (κ2) is 9.06. The number of hydrogen-bond acceptors (Lipinski definition) is 2. The van der Waals surface area contributed by atoms with Gasteiger partial charge in [-0.15, -0.1) is 12.3 Å². The minimum absolute atomic E-state index is 0.141. The number of hydrogen-bond donors (Lipinski definition) is 1. The third kappa shape index (κ3) is 4.95. The largest absolute Gasteiger partial charge is 0.418 e. The number of terminal acetylenes is 1. The van der Waals surface area contributed by atoms with Crippen molar-refractivity contribution >= 4 is 11.6 Å². The van der Waals surface area contributed by atoms with Crippen LogP contribution in [-0.4, -0.2) is 17.6 Å². The Hall–Kier alpha value is -3.57. The van der Waals surface area contributed by atoms with Gasteiger partial charge in [0.1, 0.15) is 12.5 Å². The highest BCUT2D eigenvalue weighted by atomic mass is 19.4. The van der Waals surface area contributed by atoms with Gasteiger partial charge in [-0.25, -0.2) is 4.39 Å². The van der Waals surface area contributed by atoms with Crippen molar-refractivity contribution in [1.82, 2.24) is 4.57 Å². The van der Waals surface area contributed by atoms with Crippen LogP contribution >= 0.6 is 0 Å². The second-order valence-electron chi connectivity index (χ2n) is 6.70. The summed E-state index contributed by atoms with van der Waals surface area (Å²) in [5.41, 5.74) is 0.252. The molecule has 0 aliphatic rings. The highest BCUT2D eigenvalue weighted by Crippen LogP contribution is 2.35. The summed E-state index contributed by atoms with van der Waals surface area (Å²) < 4.78 is 60.0. The number of benzene rings is 2. The molecule has 1 amide bonds. The smallest absolute Gasteiger partial charge is 0.364 e. The number of halogens is 4. The number of carbonyl (C=O) groups excluding carboxylic acids is 1. The van der Waals surface area contributed by atoms with E-state index < -0.39 is 29.0 Å². The van der Waals surface area contributed by atoms with Crippen LogP contribution in [0.25, 0.3) is 11.1 Å². The molecule has 31 heavy (non-hydrogen) atoms. The van der Waals surface area contributed by atoms with Crippen LogP contribution in [0, 0.1) is 18.2 Å². The molecule has 0 radical (unpaired) electrons. The lowest BCUT2D eigenvalue weighted by Gasteiger charge is -2.15. The number of rotatable bonds is 6.